The number of hydrogen-bond acceptors (Lipinski definition) is 22. The van der Waals surface area contributed by atoms with Crippen molar-refractivity contribution >= 4 is 11.8 Å². The molecule has 432 valence electrons. The van der Waals surface area contributed by atoms with Gasteiger partial charge in [0.1, 0.15) is 91.6 Å². The van der Waals surface area contributed by atoms with Crippen molar-refractivity contribution in [2.24, 2.45) is 38.9 Å². The molecule has 9 rings (SSSR count). The summed E-state index contributed by atoms with van der Waals surface area (Å²) >= 11 is 0. The van der Waals surface area contributed by atoms with Crippen LogP contribution in [0.5, 0.6) is 0 Å². The first-order valence-electron chi connectivity index (χ1n) is 27.0. The molecule has 0 bridgehead atoms. The highest BCUT2D eigenvalue weighted by Crippen LogP contribution is 2.74. The number of aliphatic hydroxyl groups is 12. The number of ether oxygens (including phenoxy) is 8. The summed E-state index contributed by atoms with van der Waals surface area (Å²) in [7, 11) is 0. The van der Waals surface area contributed by atoms with Gasteiger partial charge in [-0.1, -0.05) is 54.5 Å². The molecule has 23 heteroatoms. The monoisotopic (exact) mass is 1090 g/mol. The number of carboxylic acids is 1. The van der Waals surface area contributed by atoms with Crippen molar-refractivity contribution in [2.45, 2.75) is 235 Å². The van der Waals surface area contributed by atoms with E-state index in [4.69, 9.17) is 37.9 Å². The van der Waals surface area contributed by atoms with Crippen LogP contribution in [0.25, 0.3) is 0 Å². The van der Waals surface area contributed by atoms with E-state index in [0.29, 0.717) is 19.3 Å². The minimum atomic E-state index is -2.26. The minimum Gasteiger partial charge on any atom is -0.479 e. The van der Waals surface area contributed by atoms with Crippen LogP contribution in [-0.4, -0.2) is 227 Å². The topological polar surface area (TPSA) is 371 Å². The van der Waals surface area contributed by atoms with E-state index < -0.39 is 166 Å². The lowest BCUT2D eigenvalue weighted by molar-refractivity contribution is -0.407. The van der Waals surface area contributed by atoms with E-state index >= 15 is 0 Å². The van der Waals surface area contributed by atoms with Crippen LogP contribution in [0.2, 0.25) is 0 Å². The highest BCUT2D eigenvalue weighted by Gasteiger charge is 2.68. The van der Waals surface area contributed by atoms with Gasteiger partial charge in [-0.05, 0) is 102 Å². The Bertz CT molecular complexity index is 2200. The zero-order valence-electron chi connectivity index (χ0n) is 44.2. The molecule has 0 amide bonds. The summed E-state index contributed by atoms with van der Waals surface area (Å²) < 4.78 is 48.7. The molecule has 0 aromatic heterocycles. The Morgan fingerprint density at radius 1 is 0.566 bits per heavy atom. The van der Waals surface area contributed by atoms with E-state index in [1.807, 2.05) is 0 Å². The Labute approximate surface area is 441 Å². The molecular weight excluding hydrogens is 1000 g/mol. The molecule has 0 spiro atoms. The lowest BCUT2D eigenvalue weighted by Crippen LogP contribution is -2.69. The first kappa shape index (κ1) is 58.5. The number of hydrogen-bond donors (Lipinski definition) is 13. The van der Waals surface area contributed by atoms with E-state index in [2.05, 4.69) is 54.5 Å². The van der Waals surface area contributed by atoms with Gasteiger partial charge in [-0.15, -0.1) is 0 Å². The van der Waals surface area contributed by atoms with Gasteiger partial charge in [0.05, 0.1) is 25.9 Å². The number of ketones is 1. The third-order valence-corrected chi connectivity index (χ3v) is 20.1. The van der Waals surface area contributed by atoms with Gasteiger partial charge >= 0.3 is 5.97 Å². The SMILES string of the molecule is CC1(C)CCC2=C(C1)C1=CCC3[C@@]4(C)CC[C@H](O[C@@H]5O[C@H](C(=O)O)[C@@H](O)[C@H](O[C@@H]6O[C@H](CO)[C@H](O)[C@H](O)[C@H]6O[C@@H]6O[C@H](CO)[C@@H](O)[C@H](O)[C@H]6O)[C@H]5O[C@@H]5O[C@H](CO)[C@H](O)[C@H](O)[C@H]5O)C(C)(C)C4CC[C@@]3(C)[C@]1(C)CC2=O. The predicted octanol–water partition coefficient (Wildman–Crippen LogP) is -1.59. The van der Waals surface area contributed by atoms with Crippen LogP contribution in [0, 0.1) is 38.9 Å². The minimum absolute atomic E-state index is 0.0151. The number of allylic oxidation sites excluding steroid dienone is 4. The number of fused-ring (bicyclic) bond motifs is 6. The number of aliphatic hydroxyl groups excluding tert-OH is 12. The Morgan fingerprint density at radius 2 is 1.09 bits per heavy atom. The second-order valence-corrected chi connectivity index (χ2v) is 25.3. The molecule has 0 aromatic carbocycles. The van der Waals surface area contributed by atoms with Gasteiger partial charge < -0.3 is 104 Å². The molecule has 6 fully saturated rings. The van der Waals surface area contributed by atoms with E-state index in [1.54, 1.807) is 0 Å². The van der Waals surface area contributed by atoms with E-state index in [9.17, 15) is 76.0 Å². The molecule has 76 heavy (non-hydrogen) atoms. The first-order valence-corrected chi connectivity index (χ1v) is 27.0. The van der Waals surface area contributed by atoms with Gasteiger partial charge in [0.2, 0.25) is 0 Å². The number of rotatable bonds is 12. The summed E-state index contributed by atoms with van der Waals surface area (Å²) in [6, 6.07) is 0. The van der Waals surface area contributed by atoms with Crippen molar-refractivity contribution in [3.05, 3.63) is 22.8 Å². The van der Waals surface area contributed by atoms with Gasteiger partial charge in [-0.2, -0.15) is 0 Å². The van der Waals surface area contributed by atoms with Crippen LogP contribution in [0.3, 0.4) is 0 Å². The highest BCUT2D eigenvalue weighted by atomic mass is 16.8. The fourth-order valence-electron chi connectivity index (χ4n) is 15.5. The van der Waals surface area contributed by atoms with Crippen LogP contribution in [0.1, 0.15) is 106 Å². The van der Waals surface area contributed by atoms with Gasteiger partial charge in [0.25, 0.3) is 0 Å². The van der Waals surface area contributed by atoms with Gasteiger partial charge in [0, 0.05) is 11.8 Å². The zero-order chi connectivity index (χ0) is 55.5. The number of carboxylic acid groups (broad SMARTS) is 1. The number of carbonyl (C=O) groups excluding carboxylic acids is 1. The summed E-state index contributed by atoms with van der Waals surface area (Å²) in [4.78, 5) is 27.3. The summed E-state index contributed by atoms with van der Waals surface area (Å²) in [6.45, 7) is 12.9. The van der Waals surface area contributed by atoms with E-state index in [-0.39, 0.29) is 33.9 Å². The maximum atomic E-state index is 14.1. The van der Waals surface area contributed by atoms with Crippen molar-refractivity contribution in [1.82, 2.24) is 0 Å². The lowest BCUT2D eigenvalue weighted by atomic mass is 9.35. The van der Waals surface area contributed by atoms with Gasteiger partial charge in [-0.3, -0.25) is 4.79 Å². The Balaban J connectivity index is 1.05. The molecule has 4 aliphatic heterocycles. The smallest absolute Gasteiger partial charge is 0.335 e. The lowest BCUT2D eigenvalue weighted by Gasteiger charge is -2.69. The third-order valence-electron chi connectivity index (χ3n) is 20.1. The Morgan fingerprint density at radius 3 is 1.66 bits per heavy atom. The summed E-state index contributed by atoms with van der Waals surface area (Å²) in [5.41, 5.74) is 1.96. The maximum absolute atomic E-state index is 14.1. The second-order valence-electron chi connectivity index (χ2n) is 25.3. The quantitative estimate of drug-likeness (QED) is 0.0980. The van der Waals surface area contributed by atoms with Crippen molar-refractivity contribution in [2.75, 3.05) is 19.8 Å². The van der Waals surface area contributed by atoms with Gasteiger partial charge in [0.15, 0.2) is 37.0 Å². The average molecular weight is 1090 g/mol. The molecular formula is C53H82O23. The average Bonchev–Trinajstić information content (AvgIpc) is 3.41. The predicted molar refractivity (Wildman–Crippen MR) is 258 cm³/mol. The molecule has 9 aliphatic rings. The molecule has 0 radical (unpaired) electrons. The number of Topliss-reactive ketones (excluding diaryl/α,β-unsaturated/α-hetero) is 1. The Kier molecular flexibility index (Phi) is 16.4. The molecule has 4 heterocycles. The normalized spacial score (nSPS) is 51.2. The van der Waals surface area contributed by atoms with Crippen molar-refractivity contribution in [1.29, 1.82) is 0 Å². The van der Waals surface area contributed by atoms with Gasteiger partial charge in [-0.25, -0.2) is 4.79 Å². The molecule has 13 N–H and O–H groups in total. The molecule has 5 aliphatic carbocycles. The summed E-state index contributed by atoms with van der Waals surface area (Å²) in [5, 5.41) is 140. The Hall–Kier alpha value is -2.18. The van der Waals surface area contributed by atoms with Crippen molar-refractivity contribution < 1.29 is 114 Å². The summed E-state index contributed by atoms with van der Waals surface area (Å²) in [6.07, 6.45) is -30.6. The molecule has 0 aromatic rings. The fourth-order valence-corrected chi connectivity index (χ4v) is 15.5. The molecule has 4 saturated heterocycles. The third kappa shape index (κ3) is 9.59. The second kappa shape index (κ2) is 21.3. The first-order chi connectivity index (χ1) is 35.6. The molecule has 26 atom stereocenters. The number of aliphatic carboxylic acids is 1. The van der Waals surface area contributed by atoms with Crippen LogP contribution in [0.4, 0.5) is 0 Å². The highest BCUT2D eigenvalue weighted by molar-refractivity contribution is 6.00. The van der Waals surface area contributed by atoms with Crippen LogP contribution in [0.15, 0.2) is 22.8 Å². The molecule has 2 saturated carbocycles. The molecule has 23 nitrogen and oxygen atoms in total. The van der Waals surface area contributed by atoms with E-state index in [1.165, 1.54) is 11.1 Å². The molecule has 2 unspecified atom stereocenters. The van der Waals surface area contributed by atoms with Crippen LogP contribution in [-0.2, 0) is 47.5 Å². The van der Waals surface area contributed by atoms with Crippen molar-refractivity contribution in [3.8, 4) is 0 Å². The number of carbonyl (C=O) groups is 2. The maximum Gasteiger partial charge on any atom is 0.335 e. The zero-order valence-corrected chi connectivity index (χ0v) is 44.2. The summed E-state index contributed by atoms with van der Waals surface area (Å²) in [5.74, 6) is -1.32. The van der Waals surface area contributed by atoms with Crippen LogP contribution >= 0.6 is 0 Å². The van der Waals surface area contributed by atoms with Crippen molar-refractivity contribution in [3.63, 3.8) is 0 Å². The van der Waals surface area contributed by atoms with Crippen LogP contribution < -0.4 is 0 Å². The van der Waals surface area contributed by atoms with E-state index in [0.717, 1.165) is 44.1 Å². The fraction of sp³-hybridized carbons (Fsp3) is 0.887. The largest absolute Gasteiger partial charge is 0.479 e. The standard InChI is InChI=1S/C53H82O23/c1-49(2)13-10-21-22(16-49)23-8-9-29-51(5)14-12-30(50(3,4)28(51)11-15-52(29,6)53(23,7)17-24(21)57)72-48-43(76-46-38(65)35(62)32(59)26(19-55)70-46)40(39(66)41(74-48)44(67)68)73-47-42(36(63)33(60)27(20-56)71-47)75-45-37(64)34(61)31(58)25(18-54)69-45/h8,25-43,45-48,54-56,58-66H,9-20H2,1-7H3,(H,67,68)/t25-,26-,27-,28?,29?,30+,31-,32+,33+,34+,35+,36+,37-,38-,39+,40+,41+,42-,43-,45+,46+,47+,48-,51+,52-,53-/m1/s1.